The first-order chi connectivity index (χ1) is 7.69. The Morgan fingerprint density at radius 3 is 2.56 bits per heavy atom. The molecule has 0 radical (unpaired) electrons. The van der Waals surface area contributed by atoms with Gasteiger partial charge < -0.3 is 16.0 Å². The predicted octanol–water partition coefficient (Wildman–Crippen LogP) is 1.31. The van der Waals surface area contributed by atoms with E-state index in [4.69, 9.17) is 5.73 Å². The van der Waals surface area contributed by atoms with E-state index in [0.717, 1.165) is 11.1 Å². The lowest BCUT2D eigenvalue weighted by Crippen LogP contribution is -2.36. The summed E-state index contributed by atoms with van der Waals surface area (Å²) < 4.78 is 0. The Bertz CT molecular complexity index is 352. The van der Waals surface area contributed by atoms with Gasteiger partial charge in [0.15, 0.2) is 0 Å². The second kappa shape index (κ2) is 6.12. The van der Waals surface area contributed by atoms with Gasteiger partial charge in [0.1, 0.15) is 0 Å². The molecule has 0 aliphatic heterocycles. The van der Waals surface area contributed by atoms with Crippen LogP contribution in [0, 0.1) is 0 Å². The van der Waals surface area contributed by atoms with Crippen LogP contribution < -0.4 is 11.1 Å². The smallest absolute Gasteiger partial charge is 0.317 e. The van der Waals surface area contributed by atoms with Crippen LogP contribution in [0.5, 0.6) is 0 Å². The van der Waals surface area contributed by atoms with E-state index in [9.17, 15) is 4.79 Å². The maximum absolute atomic E-state index is 11.5. The summed E-state index contributed by atoms with van der Waals surface area (Å²) in [7, 11) is 1.78. The van der Waals surface area contributed by atoms with Gasteiger partial charge in [-0.15, -0.1) is 0 Å². The van der Waals surface area contributed by atoms with Crippen LogP contribution in [0.15, 0.2) is 24.3 Å². The molecule has 2 amide bonds. The normalized spacial score (nSPS) is 9.94. The first-order valence-electron chi connectivity index (χ1n) is 5.44. The highest BCUT2D eigenvalue weighted by Gasteiger charge is 2.09. The molecular weight excluding hydrogens is 202 g/mol. The molecule has 0 saturated heterocycles. The molecule has 0 heterocycles. The maximum atomic E-state index is 11.5. The molecule has 0 atom stereocenters. The molecule has 0 aliphatic rings. The summed E-state index contributed by atoms with van der Waals surface area (Å²) in [5.74, 6) is 0. The third-order valence-electron chi connectivity index (χ3n) is 2.42. The molecule has 0 spiro atoms. The van der Waals surface area contributed by atoms with Crippen molar-refractivity contribution < 1.29 is 4.79 Å². The number of hydrogen-bond acceptors (Lipinski definition) is 2. The van der Waals surface area contributed by atoms with E-state index in [0.29, 0.717) is 19.6 Å². The summed E-state index contributed by atoms with van der Waals surface area (Å²) in [6.07, 6.45) is 0. The van der Waals surface area contributed by atoms with Gasteiger partial charge in [0.25, 0.3) is 0 Å². The Morgan fingerprint density at radius 1 is 1.38 bits per heavy atom. The highest BCUT2D eigenvalue weighted by molar-refractivity contribution is 5.73. The van der Waals surface area contributed by atoms with Crippen molar-refractivity contribution in [1.82, 2.24) is 10.2 Å². The van der Waals surface area contributed by atoms with Crippen molar-refractivity contribution in [2.45, 2.75) is 20.0 Å². The van der Waals surface area contributed by atoms with Crippen LogP contribution in [0.4, 0.5) is 4.79 Å². The molecule has 0 saturated carbocycles. The van der Waals surface area contributed by atoms with Crippen LogP contribution in [0.25, 0.3) is 0 Å². The van der Waals surface area contributed by atoms with E-state index in [1.165, 1.54) is 0 Å². The van der Waals surface area contributed by atoms with Gasteiger partial charge in [-0.05, 0) is 18.1 Å². The van der Waals surface area contributed by atoms with E-state index in [2.05, 4.69) is 5.32 Å². The molecule has 16 heavy (non-hydrogen) atoms. The fourth-order valence-electron chi connectivity index (χ4n) is 1.52. The van der Waals surface area contributed by atoms with Crippen molar-refractivity contribution in [3.05, 3.63) is 35.4 Å². The highest BCUT2D eigenvalue weighted by atomic mass is 16.2. The lowest BCUT2D eigenvalue weighted by atomic mass is 10.1. The van der Waals surface area contributed by atoms with E-state index in [-0.39, 0.29) is 6.03 Å². The van der Waals surface area contributed by atoms with Crippen LogP contribution in [0.1, 0.15) is 18.1 Å². The molecule has 0 unspecified atom stereocenters. The number of urea groups is 1. The fourth-order valence-corrected chi connectivity index (χ4v) is 1.52. The van der Waals surface area contributed by atoms with Crippen molar-refractivity contribution in [2.24, 2.45) is 5.73 Å². The van der Waals surface area contributed by atoms with Crippen LogP contribution in [-0.2, 0) is 13.1 Å². The standard InChI is InChI=1S/C12H19N3O/c1-3-14-12(16)15(2)9-11-7-5-4-6-10(11)8-13/h4-7H,3,8-9,13H2,1-2H3,(H,14,16). The van der Waals surface area contributed by atoms with Gasteiger partial charge in [0, 0.05) is 26.7 Å². The Balaban J connectivity index is 2.68. The molecule has 4 nitrogen and oxygen atoms in total. The summed E-state index contributed by atoms with van der Waals surface area (Å²) in [6, 6.07) is 7.84. The number of nitrogens with zero attached hydrogens (tertiary/aromatic N) is 1. The van der Waals surface area contributed by atoms with Gasteiger partial charge in [-0.3, -0.25) is 0 Å². The molecule has 4 heteroatoms. The molecule has 88 valence electrons. The summed E-state index contributed by atoms with van der Waals surface area (Å²) in [5, 5.41) is 2.76. The zero-order valence-electron chi connectivity index (χ0n) is 9.86. The third-order valence-corrected chi connectivity index (χ3v) is 2.42. The number of carbonyl (C=O) groups excluding carboxylic acids is 1. The number of nitrogens with one attached hydrogen (secondary N) is 1. The first-order valence-corrected chi connectivity index (χ1v) is 5.44. The average Bonchev–Trinajstić information content (AvgIpc) is 2.30. The Morgan fingerprint density at radius 2 is 2.00 bits per heavy atom. The van der Waals surface area contributed by atoms with Gasteiger partial charge in [0.2, 0.25) is 0 Å². The average molecular weight is 221 g/mol. The number of amides is 2. The second-order valence-corrected chi connectivity index (χ2v) is 3.66. The molecule has 1 aromatic rings. The van der Waals surface area contributed by atoms with Crippen LogP contribution in [0.2, 0.25) is 0 Å². The number of nitrogens with two attached hydrogens (primary N) is 1. The fraction of sp³-hybridized carbons (Fsp3) is 0.417. The predicted molar refractivity (Wildman–Crippen MR) is 64.9 cm³/mol. The first kappa shape index (κ1) is 12.5. The van der Waals surface area contributed by atoms with Crippen molar-refractivity contribution >= 4 is 6.03 Å². The van der Waals surface area contributed by atoms with Gasteiger partial charge >= 0.3 is 6.03 Å². The lowest BCUT2D eigenvalue weighted by molar-refractivity contribution is 0.207. The summed E-state index contributed by atoms with van der Waals surface area (Å²) in [6.45, 7) is 3.62. The van der Waals surface area contributed by atoms with E-state index in [1.54, 1.807) is 11.9 Å². The quantitative estimate of drug-likeness (QED) is 0.805. The van der Waals surface area contributed by atoms with E-state index < -0.39 is 0 Å². The summed E-state index contributed by atoms with van der Waals surface area (Å²) in [5.41, 5.74) is 7.82. The van der Waals surface area contributed by atoms with Gasteiger partial charge in [-0.2, -0.15) is 0 Å². The van der Waals surface area contributed by atoms with Crippen molar-refractivity contribution in [1.29, 1.82) is 0 Å². The highest BCUT2D eigenvalue weighted by Crippen LogP contribution is 2.10. The van der Waals surface area contributed by atoms with E-state index >= 15 is 0 Å². The van der Waals surface area contributed by atoms with Crippen molar-refractivity contribution in [3.8, 4) is 0 Å². The zero-order chi connectivity index (χ0) is 12.0. The minimum atomic E-state index is -0.0608. The number of rotatable bonds is 4. The van der Waals surface area contributed by atoms with Crippen LogP contribution in [0.3, 0.4) is 0 Å². The maximum Gasteiger partial charge on any atom is 0.317 e. The molecule has 1 rings (SSSR count). The number of hydrogen-bond donors (Lipinski definition) is 2. The van der Waals surface area contributed by atoms with E-state index in [1.807, 2.05) is 31.2 Å². The van der Waals surface area contributed by atoms with Crippen LogP contribution in [-0.4, -0.2) is 24.5 Å². The molecule has 0 fully saturated rings. The monoisotopic (exact) mass is 221 g/mol. The second-order valence-electron chi connectivity index (χ2n) is 3.66. The molecule has 3 N–H and O–H groups in total. The Kier molecular flexibility index (Phi) is 4.79. The van der Waals surface area contributed by atoms with Gasteiger partial charge in [-0.25, -0.2) is 4.79 Å². The van der Waals surface area contributed by atoms with Crippen molar-refractivity contribution in [3.63, 3.8) is 0 Å². The third kappa shape index (κ3) is 3.24. The molecule has 0 aromatic heterocycles. The number of benzene rings is 1. The van der Waals surface area contributed by atoms with Gasteiger partial charge in [-0.1, -0.05) is 24.3 Å². The largest absolute Gasteiger partial charge is 0.338 e. The minimum absolute atomic E-state index is 0.0608. The molecule has 0 aliphatic carbocycles. The topological polar surface area (TPSA) is 58.4 Å². The van der Waals surface area contributed by atoms with Crippen molar-refractivity contribution in [2.75, 3.05) is 13.6 Å². The molecule has 1 aromatic carbocycles. The van der Waals surface area contributed by atoms with Gasteiger partial charge in [0.05, 0.1) is 0 Å². The zero-order valence-corrected chi connectivity index (χ0v) is 9.86. The van der Waals surface area contributed by atoms with Crippen LogP contribution >= 0.6 is 0 Å². The molecule has 0 bridgehead atoms. The SMILES string of the molecule is CCNC(=O)N(C)Cc1ccccc1CN. The minimum Gasteiger partial charge on any atom is -0.338 e. The lowest BCUT2D eigenvalue weighted by Gasteiger charge is -2.19. The summed E-state index contributed by atoms with van der Waals surface area (Å²) in [4.78, 5) is 13.2. The Labute approximate surface area is 96.4 Å². The Hall–Kier alpha value is -1.55. The summed E-state index contributed by atoms with van der Waals surface area (Å²) >= 11 is 0. The number of carbonyl (C=O) groups is 1. The molecular formula is C12H19N3O.